The normalized spacial score (nSPS) is 10.6. The topological polar surface area (TPSA) is 9.23 Å². The van der Waals surface area contributed by atoms with Crippen molar-refractivity contribution in [3.05, 3.63) is 35.9 Å². The van der Waals surface area contributed by atoms with Crippen molar-refractivity contribution >= 4 is 15.9 Å². The average Bonchev–Trinajstić information content (AvgIpc) is 2.25. The minimum absolute atomic E-state index is 0.385. The SMILES string of the molecule is CC(C)(C#CCBr)OCc1ccccc1. The highest BCUT2D eigenvalue weighted by Crippen LogP contribution is 2.11. The number of hydrogen-bond acceptors (Lipinski definition) is 1. The first-order valence-electron chi connectivity index (χ1n) is 4.88. The van der Waals surface area contributed by atoms with Gasteiger partial charge in [0.05, 0.1) is 11.9 Å². The zero-order valence-corrected chi connectivity index (χ0v) is 10.7. The lowest BCUT2D eigenvalue weighted by molar-refractivity contribution is 0.0144. The molecule has 0 saturated carbocycles. The van der Waals surface area contributed by atoms with E-state index in [0.717, 1.165) is 0 Å². The van der Waals surface area contributed by atoms with Crippen LogP contribution in [0.3, 0.4) is 0 Å². The van der Waals surface area contributed by atoms with Crippen LogP contribution in [0.1, 0.15) is 19.4 Å². The van der Waals surface area contributed by atoms with E-state index in [0.29, 0.717) is 11.9 Å². The molecule has 15 heavy (non-hydrogen) atoms. The molecule has 0 radical (unpaired) electrons. The Kier molecular flexibility index (Phi) is 4.87. The third-order valence-corrected chi connectivity index (χ3v) is 2.18. The number of alkyl halides is 1. The molecule has 0 aliphatic heterocycles. The van der Waals surface area contributed by atoms with Gasteiger partial charge in [-0.2, -0.15) is 0 Å². The van der Waals surface area contributed by atoms with Gasteiger partial charge in [0.15, 0.2) is 0 Å². The average molecular weight is 267 g/mol. The monoisotopic (exact) mass is 266 g/mol. The van der Waals surface area contributed by atoms with Crippen molar-refractivity contribution in [3.63, 3.8) is 0 Å². The fourth-order valence-corrected chi connectivity index (χ4v) is 1.26. The third kappa shape index (κ3) is 5.01. The van der Waals surface area contributed by atoms with Gasteiger partial charge < -0.3 is 4.74 Å². The van der Waals surface area contributed by atoms with Crippen molar-refractivity contribution < 1.29 is 4.74 Å². The highest BCUT2D eigenvalue weighted by molar-refractivity contribution is 9.09. The van der Waals surface area contributed by atoms with Crippen LogP contribution in [0.2, 0.25) is 0 Å². The Bertz CT molecular complexity index is 346. The lowest BCUT2D eigenvalue weighted by atomic mass is 10.1. The lowest BCUT2D eigenvalue weighted by Crippen LogP contribution is -2.21. The van der Waals surface area contributed by atoms with E-state index >= 15 is 0 Å². The fraction of sp³-hybridized carbons (Fsp3) is 0.385. The predicted octanol–water partition coefficient (Wildman–Crippen LogP) is 3.38. The van der Waals surface area contributed by atoms with Crippen LogP contribution in [-0.2, 0) is 11.3 Å². The molecule has 0 aliphatic rings. The largest absolute Gasteiger partial charge is 0.358 e. The van der Waals surface area contributed by atoms with Crippen LogP contribution >= 0.6 is 15.9 Å². The predicted molar refractivity (Wildman–Crippen MR) is 66.9 cm³/mol. The Hall–Kier alpha value is -0.780. The molecule has 0 heterocycles. The summed E-state index contributed by atoms with van der Waals surface area (Å²) in [5.74, 6) is 6.03. The summed E-state index contributed by atoms with van der Waals surface area (Å²) < 4.78 is 5.72. The minimum Gasteiger partial charge on any atom is -0.358 e. The van der Waals surface area contributed by atoms with Gasteiger partial charge in [-0.3, -0.25) is 0 Å². The third-order valence-electron chi connectivity index (χ3n) is 1.90. The Morgan fingerprint density at radius 1 is 1.27 bits per heavy atom. The van der Waals surface area contributed by atoms with Crippen LogP contribution in [0.4, 0.5) is 0 Å². The molecule has 1 rings (SSSR count). The molecule has 0 fully saturated rings. The van der Waals surface area contributed by atoms with Gasteiger partial charge in [0.2, 0.25) is 0 Å². The molecule has 0 aromatic heterocycles. The highest BCUT2D eigenvalue weighted by Gasteiger charge is 2.13. The molecule has 1 aromatic rings. The van der Waals surface area contributed by atoms with Gasteiger partial charge in [-0.25, -0.2) is 0 Å². The smallest absolute Gasteiger partial charge is 0.123 e. The van der Waals surface area contributed by atoms with Crippen molar-refractivity contribution in [3.8, 4) is 11.8 Å². The molecule has 0 aliphatic carbocycles. The molecule has 0 saturated heterocycles. The van der Waals surface area contributed by atoms with Gasteiger partial charge in [0.1, 0.15) is 5.60 Å². The van der Waals surface area contributed by atoms with Crippen molar-refractivity contribution in [2.75, 3.05) is 5.33 Å². The summed E-state index contributed by atoms with van der Waals surface area (Å²) in [6.45, 7) is 4.56. The van der Waals surface area contributed by atoms with Gasteiger partial charge in [0.25, 0.3) is 0 Å². The zero-order valence-electron chi connectivity index (χ0n) is 9.09. The van der Waals surface area contributed by atoms with Crippen molar-refractivity contribution in [2.24, 2.45) is 0 Å². The van der Waals surface area contributed by atoms with E-state index in [-0.39, 0.29) is 5.60 Å². The molecule has 80 valence electrons. The second-order valence-corrected chi connectivity index (χ2v) is 4.28. The summed E-state index contributed by atoms with van der Waals surface area (Å²) in [4.78, 5) is 0. The molecule has 0 bridgehead atoms. The number of halogens is 1. The second kappa shape index (κ2) is 5.95. The fourth-order valence-electron chi connectivity index (χ4n) is 1.12. The van der Waals surface area contributed by atoms with Crippen LogP contribution in [0, 0.1) is 11.8 Å². The standard InChI is InChI=1S/C13H15BrO/c1-13(2,9-6-10-14)15-11-12-7-4-3-5-8-12/h3-5,7-8H,10-11H2,1-2H3. The van der Waals surface area contributed by atoms with E-state index in [4.69, 9.17) is 4.74 Å². The number of benzene rings is 1. The van der Waals surface area contributed by atoms with Gasteiger partial charge in [-0.1, -0.05) is 58.1 Å². The Labute approximate surface area is 100.0 Å². The Morgan fingerprint density at radius 3 is 2.53 bits per heavy atom. The van der Waals surface area contributed by atoms with E-state index in [9.17, 15) is 0 Å². The van der Waals surface area contributed by atoms with Crippen LogP contribution in [-0.4, -0.2) is 10.9 Å². The van der Waals surface area contributed by atoms with Crippen LogP contribution in [0.5, 0.6) is 0 Å². The molecule has 0 spiro atoms. The minimum atomic E-state index is -0.385. The van der Waals surface area contributed by atoms with Crippen molar-refractivity contribution in [1.29, 1.82) is 0 Å². The molecule has 0 N–H and O–H groups in total. The summed E-state index contributed by atoms with van der Waals surface area (Å²) in [6, 6.07) is 10.1. The van der Waals surface area contributed by atoms with E-state index in [1.165, 1.54) is 5.56 Å². The quantitative estimate of drug-likeness (QED) is 0.602. The summed E-state index contributed by atoms with van der Waals surface area (Å²) >= 11 is 3.27. The number of rotatable bonds is 3. The highest BCUT2D eigenvalue weighted by atomic mass is 79.9. The Morgan fingerprint density at radius 2 is 1.93 bits per heavy atom. The summed E-state index contributed by atoms with van der Waals surface area (Å²) in [7, 11) is 0. The van der Waals surface area contributed by atoms with Gasteiger partial charge in [0, 0.05) is 0 Å². The van der Waals surface area contributed by atoms with Gasteiger partial charge in [-0.15, -0.1) is 0 Å². The molecule has 1 nitrogen and oxygen atoms in total. The van der Waals surface area contributed by atoms with Crippen molar-refractivity contribution in [1.82, 2.24) is 0 Å². The van der Waals surface area contributed by atoms with Crippen LogP contribution in [0.15, 0.2) is 30.3 Å². The summed E-state index contributed by atoms with van der Waals surface area (Å²) in [5.41, 5.74) is 0.787. The van der Waals surface area contributed by atoms with E-state index < -0.39 is 0 Å². The molecular weight excluding hydrogens is 252 g/mol. The summed E-state index contributed by atoms with van der Waals surface area (Å²) in [5, 5.41) is 0.686. The lowest BCUT2D eigenvalue weighted by Gasteiger charge is -2.18. The van der Waals surface area contributed by atoms with Crippen LogP contribution in [0.25, 0.3) is 0 Å². The first kappa shape index (κ1) is 12.3. The first-order chi connectivity index (χ1) is 7.14. The first-order valence-corrected chi connectivity index (χ1v) is 6.00. The molecule has 2 heteroatoms. The van der Waals surface area contributed by atoms with E-state index in [1.807, 2.05) is 44.2 Å². The van der Waals surface area contributed by atoms with Crippen molar-refractivity contribution in [2.45, 2.75) is 26.1 Å². The van der Waals surface area contributed by atoms with E-state index in [1.54, 1.807) is 0 Å². The second-order valence-electron chi connectivity index (χ2n) is 3.72. The van der Waals surface area contributed by atoms with Gasteiger partial charge >= 0.3 is 0 Å². The molecule has 0 atom stereocenters. The molecule has 1 aromatic carbocycles. The molecule has 0 amide bonds. The number of ether oxygens (including phenoxy) is 1. The number of hydrogen-bond donors (Lipinski definition) is 0. The van der Waals surface area contributed by atoms with E-state index in [2.05, 4.69) is 27.8 Å². The Balaban J connectivity index is 2.50. The molecular formula is C13H15BrO. The van der Waals surface area contributed by atoms with Crippen LogP contribution < -0.4 is 0 Å². The maximum atomic E-state index is 5.72. The summed E-state index contributed by atoms with van der Waals surface area (Å²) in [6.07, 6.45) is 0. The maximum absolute atomic E-state index is 5.72. The zero-order chi connectivity index (χ0) is 11.1. The van der Waals surface area contributed by atoms with Gasteiger partial charge in [-0.05, 0) is 19.4 Å². The molecule has 0 unspecified atom stereocenters. The maximum Gasteiger partial charge on any atom is 0.123 e.